The Morgan fingerprint density at radius 2 is 2.06 bits per heavy atom. The summed E-state index contributed by atoms with van der Waals surface area (Å²) in [5.74, 6) is -0.676. The number of ether oxygens (including phenoxy) is 1. The maximum Gasteiger partial charge on any atom is 0.355 e. The van der Waals surface area contributed by atoms with Gasteiger partial charge >= 0.3 is 11.7 Å². The number of hydrogen-bond acceptors (Lipinski definition) is 8. The molecule has 0 bridgehead atoms. The van der Waals surface area contributed by atoms with Gasteiger partial charge in [0.05, 0.1) is 17.4 Å². The second-order valence-corrected chi connectivity index (χ2v) is 10.3. The fourth-order valence-electron chi connectivity index (χ4n) is 3.88. The van der Waals surface area contributed by atoms with Gasteiger partial charge in [0.1, 0.15) is 10.6 Å². The van der Waals surface area contributed by atoms with Gasteiger partial charge in [-0.3, -0.25) is 9.20 Å². The van der Waals surface area contributed by atoms with Crippen molar-refractivity contribution in [2.24, 2.45) is 0 Å². The standard InChI is InChI=1S/C23H26N4O4S2/c1-4-31-21(29)17-15-10-6-5-7-11-16(15)33-20(17)25-19(28)14(3)32-22-24-18-13(2)9-8-12-27(18)23(30)26-22/h8-9,12,14H,4-7,10-11H2,1-3H3,(H,25,28)/t14-/m1/s1. The maximum absolute atomic E-state index is 13.0. The lowest BCUT2D eigenvalue weighted by molar-refractivity contribution is -0.115. The van der Waals surface area contributed by atoms with E-state index in [9.17, 15) is 14.4 Å². The number of carbonyl (C=O) groups excluding carboxylic acids is 2. The fraction of sp³-hybridized carbons (Fsp3) is 0.435. The molecule has 0 saturated heterocycles. The van der Waals surface area contributed by atoms with Crippen molar-refractivity contribution >= 4 is 45.6 Å². The molecule has 0 spiro atoms. The van der Waals surface area contributed by atoms with Gasteiger partial charge in [0, 0.05) is 11.1 Å². The minimum atomic E-state index is -0.576. The summed E-state index contributed by atoms with van der Waals surface area (Å²) in [6.07, 6.45) is 6.56. The normalized spacial score (nSPS) is 14.4. The lowest BCUT2D eigenvalue weighted by Crippen LogP contribution is -2.25. The summed E-state index contributed by atoms with van der Waals surface area (Å²) >= 11 is 2.57. The number of thiophene rings is 1. The molecule has 4 rings (SSSR count). The molecule has 0 aromatic carbocycles. The van der Waals surface area contributed by atoms with Gasteiger partial charge in [0.15, 0.2) is 5.16 Å². The highest BCUT2D eigenvalue weighted by Crippen LogP contribution is 2.38. The van der Waals surface area contributed by atoms with E-state index in [0.29, 0.717) is 16.2 Å². The Balaban J connectivity index is 1.57. The van der Waals surface area contributed by atoms with Crippen LogP contribution in [-0.2, 0) is 22.4 Å². The van der Waals surface area contributed by atoms with Crippen LogP contribution in [0.3, 0.4) is 0 Å². The van der Waals surface area contributed by atoms with Gasteiger partial charge < -0.3 is 10.1 Å². The van der Waals surface area contributed by atoms with Crippen LogP contribution in [0, 0.1) is 6.92 Å². The molecule has 0 fully saturated rings. The molecule has 8 nitrogen and oxygen atoms in total. The van der Waals surface area contributed by atoms with Gasteiger partial charge in [0.25, 0.3) is 0 Å². The third-order valence-corrected chi connectivity index (χ3v) is 7.72. The van der Waals surface area contributed by atoms with Gasteiger partial charge in [-0.15, -0.1) is 11.3 Å². The molecule has 10 heteroatoms. The SMILES string of the molecule is CCOC(=O)c1c(NC(=O)[C@@H](C)Sc2nc(=O)n3cccc(C)c3n2)sc2c1CCCCC2. The zero-order valence-electron chi connectivity index (χ0n) is 18.8. The molecule has 1 aliphatic rings. The number of aryl methyl sites for hydroxylation is 2. The molecule has 1 aliphatic carbocycles. The van der Waals surface area contributed by atoms with E-state index in [2.05, 4.69) is 15.3 Å². The van der Waals surface area contributed by atoms with Crippen molar-refractivity contribution in [1.82, 2.24) is 14.4 Å². The number of rotatable bonds is 6. The zero-order chi connectivity index (χ0) is 23.5. The Labute approximate surface area is 199 Å². The lowest BCUT2D eigenvalue weighted by Gasteiger charge is -2.12. The third-order valence-electron chi connectivity index (χ3n) is 5.55. The molecule has 33 heavy (non-hydrogen) atoms. The molecular weight excluding hydrogens is 460 g/mol. The van der Waals surface area contributed by atoms with Crippen LogP contribution in [0.1, 0.15) is 59.5 Å². The number of esters is 1. The number of pyridine rings is 1. The van der Waals surface area contributed by atoms with Gasteiger partial charge in [-0.2, -0.15) is 4.98 Å². The van der Waals surface area contributed by atoms with Gasteiger partial charge in [-0.25, -0.2) is 14.6 Å². The van der Waals surface area contributed by atoms with Gasteiger partial charge in [0.2, 0.25) is 5.91 Å². The van der Waals surface area contributed by atoms with Crippen LogP contribution in [0.15, 0.2) is 28.3 Å². The first-order valence-corrected chi connectivity index (χ1v) is 12.7. The topological polar surface area (TPSA) is 103 Å². The summed E-state index contributed by atoms with van der Waals surface area (Å²) in [5, 5.41) is 3.13. The van der Waals surface area contributed by atoms with Crippen LogP contribution >= 0.6 is 23.1 Å². The van der Waals surface area contributed by atoms with Crippen LogP contribution in [0.5, 0.6) is 0 Å². The fourth-order valence-corrected chi connectivity index (χ4v) is 5.92. The van der Waals surface area contributed by atoms with E-state index in [4.69, 9.17) is 4.74 Å². The minimum Gasteiger partial charge on any atom is -0.462 e. The Morgan fingerprint density at radius 1 is 1.27 bits per heavy atom. The van der Waals surface area contributed by atoms with Gasteiger partial charge in [-0.1, -0.05) is 24.2 Å². The Bertz CT molecular complexity index is 1270. The van der Waals surface area contributed by atoms with Crippen molar-refractivity contribution in [2.75, 3.05) is 11.9 Å². The van der Waals surface area contributed by atoms with Gasteiger partial charge in [-0.05, 0) is 63.6 Å². The number of nitrogens with one attached hydrogen (secondary N) is 1. The van der Waals surface area contributed by atoms with Crippen molar-refractivity contribution < 1.29 is 14.3 Å². The molecule has 0 radical (unpaired) electrons. The highest BCUT2D eigenvalue weighted by atomic mass is 32.2. The summed E-state index contributed by atoms with van der Waals surface area (Å²) in [4.78, 5) is 47.7. The Morgan fingerprint density at radius 3 is 2.85 bits per heavy atom. The highest BCUT2D eigenvalue weighted by molar-refractivity contribution is 8.00. The molecule has 1 atom stereocenters. The predicted octanol–water partition coefficient (Wildman–Crippen LogP) is 4.02. The molecule has 0 saturated carbocycles. The molecule has 0 unspecified atom stereocenters. The zero-order valence-corrected chi connectivity index (χ0v) is 20.5. The Kier molecular flexibility index (Phi) is 7.14. The van der Waals surface area contributed by atoms with E-state index in [1.54, 1.807) is 26.1 Å². The van der Waals surface area contributed by atoms with Crippen LogP contribution in [0.4, 0.5) is 5.00 Å². The lowest BCUT2D eigenvalue weighted by atomic mass is 10.1. The average Bonchev–Trinajstić information content (AvgIpc) is 2.95. The van der Waals surface area contributed by atoms with Crippen molar-refractivity contribution in [3.63, 3.8) is 0 Å². The monoisotopic (exact) mass is 486 g/mol. The van der Waals surface area contributed by atoms with Crippen molar-refractivity contribution in [2.45, 2.75) is 63.3 Å². The largest absolute Gasteiger partial charge is 0.462 e. The minimum absolute atomic E-state index is 0.240. The van der Waals surface area contributed by atoms with Crippen LogP contribution in [-0.4, -0.2) is 38.1 Å². The molecular formula is C23H26N4O4S2. The van der Waals surface area contributed by atoms with Crippen molar-refractivity contribution in [3.05, 3.63) is 50.4 Å². The third kappa shape index (κ3) is 4.96. The summed E-state index contributed by atoms with van der Waals surface area (Å²) in [5.41, 5.74) is 2.41. The number of thioether (sulfide) groups is 1. The first kappa shape index (κ1) is 23.4. The predicted molar refractivity (Wildman–Crippen MR) is 129 cm³/mol. The van der Waals surface area contributed by atoms with Crippen LogP contribution in [0.25, 0.3) is 5.65 Å². The van der Waals surface area contributed by atoms with E-state index < -0.39 is 16.9 Å². The molecule has 3 aromatic rings. The summed E-state index contributed by atoms with van der Waals surface area (Å²) in [6.45, 7) is 5.64. The summed E-state index contributed by atoms with van der Waals surface area (Å²) < 4.78 is 6.67. The molecule has 3 heterocycles. The number of hydrogen-bond donors (Lipinski definition) is 1. The quantitative estimate of drug-likeness (QED) is 0.319. The second kappa shape index (κ2) is 10.0. The number of fused-ring (bicyclic) bond motifs is 2. The van der Waals surface area contributed by atoms with Crippen LogP contribution in [0.2, 0.25) is 0 Å². The number of carbonyl (C=O) groups is 2. The van der Waals surface area contributed by atoms with Crippen LogP contribution < -0.4 is 11.0 Å². The first-order chi connectivity index (χ1) is 15.9. The number of amides is 1. The van der Waals surface area contributed by atoms with E-state index in [0.717, 1.165) is 59.9 Å². The maximum atomic E-state index is 13.0. The van der Waals surface area contributed by atoms with E-state index in [-0.39, 0.29) is 17.7 Å². The van der Waals surface area contributed by atoms with Crippen molar-refractivity contribution in [3.8, 4) is 0 Å². The van der Waals surface area contributed by atoms with E-state index in [1.807, 2.05) is 13.0 Å². The summed E-state index contributed by atoms with van der Waals surface area (Å²) in [7, 11) is 0. The second-order valence-electron chi connectivity index (χ2n) is 7.91. The molecule has 3 aromatic heterocycles. The molecule has 0 aliphatic heterocycles. The molecule has 1 amide bonds. The van der Waals surface area contributed by atoms with Crippen molar-refractivity contribution in [1.29, 1.82) is 0 Å². The van der Waals surface area contributed by atoms with E-state index >= 15 is 0 Å². The Hall–Kier alpha value is -2.72. The first-order valence-electron chi connectivity index (χ1n) is 11.0. The number of nitrogens with zero attached hydrogens (tertiary/aromatic N) is 3. The molecule has 174 valence electrons. The smallest absolute Gasteiger partial charge is 0.355 e. The summed E-state index contributed by atoms with van der Waals surface area (Å²) in [6, 6.07) is 3.63. The number of anilines is 1. The highest BCUT2D eigenvalue weighted by Gasteiger charge is 2.28. The number of aromatic nitrogens is 3. The van der Waals surface area contributed by atoms with E-state index in [1.165, 1.54) is 15.7 Å². The molecule has 1 N–H and O–H groups in total. The average molecular weight is 487 g/mol.